The molecule has 1 amide bonds. The average molecular weight is 387 g/mol. The molecule has 2 saturated heterocycles. The molecule has 5 heteroatoms. The Bertz CT molecular complexity index is 663. The van der Waals surface area contributed by atoms with Gasteiger partial charge in [-0.25, -0.2) is 0 Å². The Labute approximate surface area is 170 Å². The lowest BCUT2D eigenvalue weighted by molar-refractivity contribution is 0.0674. The van der Waals surface area contributed by atoms with Crippen LogP contribution in [-0.4, -0.2) is 58.2 Å². The molecule has 0 unspecified atom stereocenters. The van der Waals surface area contributed by atoms with Crippen LogP contribution in [0.1, 0.15) is 88.0 Å². The van der Waals surface area contributed by atoms with E-state index in [0.29, 0.717) is 11.5 Å². The van der Waals surface area contributed by atoms with Gasteiger partial charge in [0.25, 0.3) is 5.91 Å². The van der Waals surface area contributed by atoms with Crippen LogP contribution in [0.5, 0.6) is 0 Å². The first-order valence-electron chi connectivity index (χ1n) is 11.6. The van der Waals surface area contributed by atoms with E-state index in [2.05, 4.69) is 28.7 Å². The van der Waals surface area contributed by atoms with E-state index < -0.39 is 0 Å². The zero-order valence-electron chi connectivity index (χ0n) is 17.9. The van der Waals surface area contributed by atoms with Crippen molar-refractivity contribution in [2.45, 2.75) is 77.7 Å². The summed E-state index contributed by atoms with van der Waals surface area (Å²) in [6.45, 7) is 9.73. The lowest BCUT2D eigenvalue weighted by Gasteiger charge is -2.41. The van der Waals surface area contributed by atoms with Gasteiger partial charge in [0.2, 0.25) is 0 Å². The lowest BCUT2D eigenvalue weighted by Crippen LogP contribution is -2.45. The summed E-state index contributed by atoms with van der Waals surface area (Å²) in [5, 5.41) is 4.35. The Kier molecular flexibility index (Phi) is 6.10. The molecule has 1 aromatic heterocycles. The number of carbonyl (C=O) groups excluding carboxylic acids is 1. The van der Waals surface area contributed by atoms with Crippen LogP contribution >= 0.6 is 0 Å². The fourth-order valence-corrected chi connectivity index (χ4v) is 5.70. The van der Waals surface area contributed by atoms with E-state index in [0.717, 1.165) is 31.0 Å². The summed E-state index contributed by atoms with van der Waals surface area (Å²) >= 11 is 0. The quantitative estimate of drug-likeness (QED) is 0.755. The number of hydrogen-bond acceptors (Lipinski definition) is 3. The minimum Gasteiger partial charge on any atom is -0.338 e. The standard InChI is InChI=1S/C23H38N4O/c1-19(2)27-16-21(15-24-27)22(28)26-14-11-23(18-26)10-6-12-25(17-23)13-9-20-7-4-3-5-8-20/h15-16,19-20H,3-14,17-18H2,1-2H3/t23-/m1/s1. The number of piperidine rings is 1. The van der Waals surface area contributed by atoms with Gasteiger partial charge in [0, 0.05) is 37.3 Å². The van der Waals surface area contributed by atoms with Crippen molar-refractivity contribution in [3.8, 4) is 0 Å². The van der Waals surface area contributed by atoms with E-state index in [4.69, 9.17) is 0 Å². The first kappa shape index (κ1) is 19.9. The van der Waals surface area contributed by atoms with Crippen LogP contribution in [0, 0.1) is 11.3 Å². The van der Waals surface area contributed by atoms with Crippen molar-refractivity contribution in [3.63, 3.8) is 0 Å². The number of likely N-dealkylation sites (tertiary alicyclic amines) is 2. The number of carbonyl (C=O) groups is 1. The van der Waals surface area contributed by atoms with Gasteiger partial charge in [0.05, 0.1) is 11.8 Å². The SMILES string of the molecule is CC(C)n1cc(C(=O)N2CC[C@@]3(CCCN(CCC4CCCCC4)C3)C2)cn1. The molecule has 3 heterocycles. The van der Waals surface area contributed by atoms with Crippen molar-refractivity contribution in [1.82, 2.24) is 19.6 Å². The molecule has 1 saturated carbocycles. The van der Waals surface area contributed by atoms with E-state index >= 15 is 0 Å². The number of aromatic nitrogens is 2. The van der Waals surface area contributed by atoms with Gasteiger partial charge in [-0.3, -0.25) is 9.48 Å². The molecule has 3 fully saturated rings. The van der Waals surface area contributed by atoms with Gasteiger partial charge in [-0.1, -0.05) is 32.1 Å². The zero-order chi connectivity index (χ0) is 19.6. The maximum absolute atomic E-state index is 13.0. The van der Waals surface area contributed by atoms with Crippen molar-refractivity contribution in [2.24, 2.45) is 11.3 Å². The van der Waals surface area contributed by atoms with Crippen molar-refractivity contribution >= 4 is 5.91 Å². The average Bonchev–Trinajstić information content (AvgIpc) is 3.35. The van der Waals surface area contributed by atoms with Gasteiger partial charge in [-0.15, -0.1) is 0 Å². The minimum absolute atomic E-state index is 0.170. The normalized spacial score (nSPS) is 27.2. The highest BCUT2D eigenvalue weighted by Gasteiger charge is 2.43. The van der Waals surface area contributed by atoms with Gasteiger partial charge in [0.1, 0.15) is 0 Å². The molecule has 28 heavy (non-hydrogen) atoms. The van der Waals surface area contributed by atoms with Crippen molar-refractivity contribution < 1.29 is 4.79 Å². The number of amides is 1. The second kappa shape index (κ2) is 8.56. The first-order chi connectivity index (χ1) is 13.5. The highest BCUT2D eigenvalue weighted by molar-refractivity contribution is 5.94. The molecule has 1 atom stereocenters. The van der Waals surface area contributed by atoms with Gasteiger partial charge >= 0.3 is 0 Å². The highest BCUT2D eigenvalue weighted by atomic mass is 16.2. The summed E-state index contributed by atoms with van der Waals surface area (Å²) < 4.78 is 1.88. The lowest BCUT2D eigenvalue weighted by atomic mass is 9.79. The van der Waals surface area contributed by atoms with Crippen LogP contribution in [0.25, 0.3) is 0 Å². The Balaban J connectivity index is 1.31. The molecule has 5 nitrogen and oxygen atoms in total. The van der Waals surface area contributed by atoms with E-state index in [1.165, 1.54) is 71.0 Å². The van der Waals surface area contributed by atoms with Crippen LogP contribution in [-0.2, 0) is 0 Å². The van der Waals surface area contributed by atoms with Gasteiger partial charge in [0.15, 0.2) is 0 Å². The molecule has 0 radical (unpaired) electrons. The predicted molar refractivity (Wildman–Crippen MR) is 112 cm³/mol. The summed E-state index contributed by atoms with van der Waals surface area (Å²) in [6.07, 6.45) is 16.0. The molecule has 3 aliphatic rings. The number of rotatable bonds is 5. The molecular formula is C23H38N4O. The first-order valence-corrected chi connectivity index (χ1v) is 11.6. The Morgan fingerprint density at radius 3 is 2.71 bits per heavy atom. The van der Waals surface area contributed by atoms with Crippen molar-refractivity contribution in [2.75, 3.05) is 32.7 Å². The fourth-order valence-electron chi connectivity index (χ4n) is 5.70. The van der Waals surface area contributed by atoms with E-state index in [-0.39, 0.29) is 5.91 Å². The molecule has 1 spiro atoms. The highest BCUT2D eigenvalue weighted by Crippen LogP contribution is 2.40. The van der Waals surface area contributed by atoms with Crippen LogP contribution in [0.3, 0.4) is 0 Å². The van der Waals surface area contributed by atoms with Crippen LogP contribution in [0.15, 0.2) is 12.4 Å². The third kappa shape index (κ3) is 4.45. The fraction of sp³-hybridized carbons (Fsp3) is 0.826. The summed E-state index contributed by atoms with van der Waals surface area (Å²) in [4.78, 5) is 17.8. The maximum atomic E-state index is 13.0. The third-order valence-electron chi connectivity index (χ3n) is 7.42. The second-order valence-electron chi connectivity index (χ2n) is 9.95. The Hall–Kier alpha value is -1.36. The van der Waals surface area contributed by atoms with Crippen molar-refractivity contribution in [3.05, 3.63) is 18.0 Å². The summed E-state index contributed by atoms with van der Waals surface area (Å²) in [5.74, 6) is 1.13. The van der Waals surface area contributed by atoms with Gasteiger partial charge < -0.3 is 9.80 Å². The maximum Gasteiger partial charge on any atom is 0.257 e. The summed E-state index contributed by atoms with van der Waals surface area (Å²) in [5.41, 5.74) is 1.07. The molecule has 2 aliphatic heterocycles. The predicted octanol–water partition coefficient (Wildman–Crippen LogP) is 4.36. The molecule has 156 valence electrons. The largest absolute Gasteiger partial charge is 0.338 e. The molecule has 1 aromatic rings. The summed E-state index contributed by atoms with van der Waals surface area (Å²) in [6, 6.07) is 0.294. The van der Waals surface area contributed by atoms with Crippen LogP contribution < -0.4 is 0 Å². The van der Waals surface area contributed by atoms with Crippen molar-refractivity contribution in [1.29, 1.82) is 0 Å². The molecule has 0 N–H and O–H groups in total. The molecule has 0 bridgehead atoms. The Morgan fingerprint density at radius 1 is 1.14 bits per heavy atom. The number of hydrogen-bond donors (Lipinski definition) is 0. The smallest absolute Gasteiger partial charge is 0.257 e. The van der Waals surface area contributed by atoms with E-state index in [1.54, 1.807) is 6.20 Å². The van der Waals surface area contributed by atoms with Gasteiger partial charge in [-0.05, 0) is 58.5 Å². The summed E-state index contributed by atoms with van der Waals surface area (Å²) in [7, 11) is 0. The second-order valence-corrected chi connectivity index (χ2v) is 9.95. The topological polar surface area (TPSA) is 41.4 Å². The van der Waals surface area contributed by atoms with Crippen LogP contribution in [0.4, 0.5) is 0 Å². The third-order valence-corrected chi connectivity index (χ3v) is 7.42. The monoisotopic (exact) mass is 386 g/mol. The minimum atomic E-state index is 0.170. The molecule has 1 aliphatic carbocycles. The molecule has 4 rings (SSSR count). The van der Waals surface area contributed by atoms with E-state index in [1.807, 2.05) is 10.9 Å². The number of nitrogens with zero attached hydrogens (tertiary/aromatic N) is 4. The zero-order valence-corrected chi connectivity index (χ0v) is 17.9. The molecular weight excluding hydrogens is 348 g/mol. The van der Waals surface area contributed by atoms with Gasteiger partial charge in [-0.2, -0.15) is 5.10 Å². The Morgan fingerprint density at radius 2 is 1.96 bits per heavy atom. The van der Waals surface area contributed by atoms with Crippen LogP contribution in [0.2, 0.25) is 0 Å². The molecule has 0 aromatic carbocycles. The van der Waals surface area contributed by atoms with E-state index in [9.17, 15) is 4.79 Å².